The highest BCUT2D eigenvalue weighted by molar-refractivity contribution is 5.79. The topological polar surface area (TPSA) is 45.7 Å². The van der Waals surface area contributed by atoms with E-state index in [0.717, 1.165) is 31.2 Å². The van der Waals surface area contributed by atoms with Crippen molar-refractivity contribution in [3.8, 4) is 5.75 Å². The van der Waals surface area contributed by atoms with Crippen molar-refractivity contribution < 1.29 is 4.74 Å². The monoisotopic (exact) mass is 263 g/mol. The molecular weight excluding hydrogens is 238 g/mol. The summed E-state index contributed by atoms with van der Waals surface area (Å²) < 4.78 is 5.14. The molecule has 2 N–H and O–H groups in total. The highest BCUT2D eigenvalue weighted by atomic mass is 16.5. The van der Waals surface area contributed by atoms with Gasteiger partial charge in [-0.3, -0.25) is 4.99 Å². The number of nitrogens with one attached hydrogen (secondary N) is 2. The lowest BCUT2D eigenvalue weighted by Crippen LogP contribution is -2.38. The Morgan fingerprint density at radius 2 is 1.84 bits per heavy atom. The van der Waals surface area contributed by atoms with Crippen molar-refractivity contribution in [2.75, 3.05) is 27.2 Å². The molecule has 0 saturated carbocycles. The smallest absolute Gasteiger partial charge is 0.190 e. The quantitative estimate of drug-likeness (QED) is 0.450. The summed E-state index contributed by atoms with van der Waals surface area (Å²) in [5.41, 5.74) is 1.29. The van der Waals surface area contributed by atoms with Gasteiger partial charge in [-0.25, -0.2) is 0 Å². The van der Waals surface area contributed by atoms with Crippen LogP contribution in [0.2, 0.25) is 0 Å². The van der Waals surface area contributed by atoms with Crippen LogP contribution in [0, 0.1) is 0 Å². The molecule has 0 bridgehead atoms. The molecule has 1 rings (SSSR count). The number of hydrogen-bond acceptors (Lipinski definition) is 2. The zero-order valence-corrected chi connectivity index (χ0v) is 12.2. The molecule has 0 fully saturated rings. The average molecular weight is 263 g/mol. The van der Waals surface area contributed by atoms with Crippen molar-refractivity contribution in [1.82, 2.24) is 10.6 Å². The number of methoxy groups -OCH3 is 1. The number of hydrogen-bond donors (Lipinski definition) is 2. The largest absolute Gasteiger partial charge is 0.497 e. The molecule has 0 spiro atoms. The summed E-state index contributed by atoms with van der Waals surface area (Å²) in [5.74, 6) is 1.77. The predicted octanol–water partition coefficient (Wildman–Crippen LogP) is 2.20. The van der Waals surface area contributed by atoms with Crippen LogP contribution in [0.15, 0.2) is 29.3 Å². The normalized spacial score (nSPS) is 11.2. The zero-order chi connectivity index (χ0) is 13.9. The van der Waals surface area contributed by atoms with E-state index >= 15 is 0 Å². The second kappa shape index (κ2) is 9.25. The van der Waals surface area contributed by atoms with E-state index in [-0.39, 0.29) is 0 Å². The van der Waals surface area contributed by atoms with Crippen molar-refractivity contribution in [3.05, 3.63) is 29.8 Å². The van der Waals surface area contributed by atoms with Crippen LogP contribution in [0.25, 0.3) is 0 Å². The number of aliphatic imine (C=N–C) groups is 1. The van der Waals surface area contributed by atoms with Gasteiger partial charge in [0.2, 0.25) is 0 Å². The van der Waals surface area contributed by atoms with Gasteiger partial charge in [-0.1, -0.05) is 25.5 Å². The van der Waals surface area contributed by atoms with Crippen LogP contribution >= 0.6 is 0 Å². The van der Waals surface area contributed by atoms with Crippen LogP contribution in [-0.2, 0) is 6.42 Å². The van der Waals surface area contributed by atoms with E-state index in [1.165, 1.54) is 18.4 Å². The molecule has 1 aromatic carbocycles. The summed E-state index contributed by atoms with van der Waals surface area (Å²) in [6, 6.07) is 8.16. The van der Waals surface area contributed by atoms with Crippen LogP contribution in [0.1, 0.15) is 25.3 Å². The van der Waals surface area contributed by atoms with Gasteiger partial charge in [0, 0.05) is 20.1 Å². The Kier molecular flexibility index (Phi) is 7.47. The summed E-state index contributed by atoms with van der Waals surface area (Å²) in [4.78, 5) is 4.19. The summed E-state index contributed by atoms with van der Waals surface area (Å²) in [5, 5.41) is 6.61. The Morgan fingerprint density at radius 3 is 2.42 bits per heavy atom. The molecule has 4 nitrogen and oxygen atoms in total. The minimum absolute atomic E-state index is 0.873. The average Bonchev–Trinajstić information content (AvgIpc) is 2.46. The predicted molar refractivity (Wildman–Crippen MR) is 81.0 cm³/mol. The lowest BCUT2D eigenvalue weighted by molar-refractivity contribution is 0.414. The maximum absolute atomic E-state index is 5.14. The Labute approximate surface area is 116 Å². The molecule has 0 aliphatic carbocycles. The van der Waals surface area contributed by atoms with E-state index in [4.69, 9.17) is 4.74 Å². The lowest BCUT2D eigenvalue weighted by Gasteiger charge is -2.11. The number of nitrogens with zero attached hydrogens (tertiary/aromatic N) is 1. The molecule has 0 unspecified atom stereocenters. The third kappa shape index (κ3) is 6.13. The van der Waals surface area contributed by atoms with Crippen molar-refractivity contribution in [2.45, 2.75) is 26.2 Å². The van der Waals surface area contributed by atoms with Crippen molar-refractivity contribution >= 4 is 5.96 Å². The fourth-order valence-corrected chi connectivity index (χ4v) is 1.72. The van der Waals surface area contributed by atoms with E-state index in [9.17, 15) is 0 Å². The fraction of sp³-hybridized carbons (Fsp3) is 0.533. The summed E-state index contributed by atoms with van der Waals surface area (Å²) in [6.45, 7) is 4.03. The Bertz CT molecular complexity index is 373. The molecule has 19 heavy (non-hydrogen) atoms. The first-order valence-corrected chi connectivity index (χ1v) is 6.87. The number of unbranched alkanes of at least 4 members (excludes halogenated alkanes) is 1. The molecule has 0 heterocycles. The van der Waals surface area contributed by atoms with Crippen LogP contribution in [0.3, 0.4) is 0 Å². The second-order valence-electron chi connectivity index (χ2n) is 4.38. The maximum Gasteiger partial charge on any atom is 0.190 e. The molecule has 0 aliphatic heterocycles. The highest BCUT2D eigenvalue weighted by Gasteiger charge is 1.98. The zero-order valence-electron chi connectivity index (χ0n) is 12.2. The summed E-state index contributed by atoms with van der Waals surface area (Å²) >= 11 is 0. The number of ether oxygens (including phenoxy) is 1. The van der Waals surface area contributed by atoms with Crippen LogP contribution in [0.4, 0.5) is 0 Å². The van der Waals surface area contributed by atoms with E-state index < -0.39 is 0 Å². The van der Waals surface area contributed by atoms with Crippen LogP contribution in [0.5, 0.6) is 5.75 Å². The first kappa shape index (κ1) is 15.3. The molecule has 0 aromatic heterocycles. The van der Waals surface area contributed by atoms with Gasteiger partial charge in [-0.05, 0) is 30.5 Å². The molecule has 0 aliphatic rings. The third-order valence-electron chi connectivity index (χ3n) is 2.91. The number of guanidine groups is 1. The van der Waals surface area contributed by atoms with Gasteiger partial charge in [0.05, 0.1) is 7.11 Å². The van der Waals surface area contributed by atoms with Gasteiger partial charge in [0.1, 0.15) is 5.75 Å². The van der Waals surface area contributed by atoms with E-state index in [1.807, 2.05) is 12.1 Å². The Balaban J connectivity index is 2.27. The van der Waals surface area contributed by atoms with Gasteiger partial charge in [0.25, 0.3) is 0 Å². The van der Waals surface area contributed by atoms with Gasteiger partial charge < -0.3 is 15.4 Å². The van der Waals surface area contributed by atoms with Crippen molar-refractivity contribution in [1.29, 1.82) is 0 Å². The third-order valence-corrected chi connectivity index (χ3v) is 2.91. The molecule has 0 amide bonds. The van der Waals surface area contributed by atoms with Gasteiger partial charge >= 0.3 is 0 Å². The SMILES string of the molecule is CCCCNC(=NC)NCCc1ccc(OC)cc1. The van der Waals surface area contributed by atoms with Crippen LogP contribution < -0.4 is 15.4 Å². The van der Waals surface area contributed by atoms with E-state index in [0.29, 0.717) is 0 Å². The number of rotatable bonds is 7. The maximum atomic E-state index is 5.14. The van der Waals surface area contributed by atoms with Crippen molar-refractivity contribution in [3.63, 3.8) is 0 Å². The highest BCUT2D eigenvalue weighted by Crippen LogP contribution is 2.11. The van der Waals surface area contributed by atoms with E-state index in [1.54, 1.807) is 14.2 Å². The van der Waals surface area contributed by atoms with Crippen molar-refractivity contribution in [2.24, 2.45) is 4.99 Å². The molecule has 1 aromatic rings. The van der Waals surface area contributed by atoms with Gasteiger partial charge in [-0.15, -0.1) is 0 Å². The van der Waals surface area contributed by atoms with Crippen LogP contribution in [-0.4, -0.2) is 33.2 Å². The minimum atomic E-state index is 0.873. The fourth-order valence-electron chi connectivity index (χ4n) is 1.72. The first-order chi connectivity index (χ1) is 9.30. The van der Waals surface area contributed by atoms with E-state index in [2.05, 4.69) is 34.7 Å². The molecule has 0 atom stereocenters. The Hall–Kier alpha value is -1.71. The standard InChI is InChI=1S/C15H25N3O/c1-4-5-11-17-15(16-2)18-12-10-13-6-8-14(19-3)9-7-13/h6-9H,4-5,10-12H2,1-3H3,(H2,16,17,18). The second-order valence-corrected chi connectivity index (χ2v) is 4.38. The minimum Gasteiger partial charge on any atom is -0.497 e. The summed E-state index contributed by atoms with van der Waals surface area (Å²) in [6.07, 6.45) is 3.33. The lowest BCUT2D eigenvalue weighted by atomic mass is 10.1. The molecule has 0 radical (unpaired) electrons. The summed E-state index contributed by atoms with van der Waals surface area (Å²) in [7, 11) is 3.48. The molecule has 106 valence electrons. The molecule has 4 heteroatoms. The first-order valence-electron chi connectivity index (χ1n) is 6.87. The Morgan fingerprint density at radius 1 is 1.16 bits per heavy atom. The van der Waals surface area contributed by atoms with Gasteiger partial charge in [-0.2, -0.15) is 0 Å². The number of benzene rings is 1. The molecule has 0 saturated heterocycles. The van der Waals surface area contributed by atoms with Gasteiger partial charge in [0.15, 0.2) is 5.96 Å². The molecular formula is C15H25N3O.